The van der Waals surface area contributed by atoms with Crippen LogP contribution < -0.4 is 19.6 Å². The van der Waals surface area contributed by atoms with Gasteiger partial charge in [-0.3, -0.25) is 4.79 Å². The van der Waals surface area contributed by atoms with Gasteiger partial charge in [-0.25, -0.2) is 0 Å². The molecular weight excluding hydrogens is 592 g/mol. The second kappa shape index (κ2) is 12.4. The molecule has 3 aromatic rings. The van der Waals surface area contributed by atoms with Crippen LogP contribution in [0, 0.1) is 0 Å². The average molecular weight is 625 g/mol. The van der Waals surface area contributed by atoms with Crippen molar-refractivity contribution >= 4 is 11.0 Å². The number of hydrogen-bond donors (Lipinski definition) is 9. The minimum absolute atomic E-state index is 0.0305. The van der Waals surface area contributed by atoms with E-state index in [9.17, 15) is 50.8 Å². The Kier molecular flexibility index (Phi) is 8.90. The predicted molar refractivity (Wildman–Crippen MR) is 145 cm³/mol. The molecule has 2 saturated heterocycles. The van der Waals surface area contributed by atoms with Crippen molar-refractivity contribution in [2.45, 2.75) is 68.3 Å². The first-order chi connectivity index (χ1) is 20.9. The van der Waals surface area contributed by atoms with Crippen LogP contribution in [0.25, 0.3) is 22.3 Å². The maximum atomic E-state index is 13.8. The molecule has 10 atom stereocenters. The van der Waals surface area contributed by atoms with Gasteiger partial charge in [-0.1, -0.05) is 0 Å². The Morgan fingerprint density at radius 3 is 2.25 bits per heavy atom. The van der Waals surface area contributed by atoms with Crippen LogP contribution in [0.2, 0.25) is 0 Å². The van der Waals surface area contributed by atoms with E-state index in [1.807, 2.05) is 0 Å². The molecule has 9 N–H and O–H groups in total. The normalized spacial score (nSPS) is 32.4. The number of benzene rings is 2. The predicted octanol–water partition coefficient (Wildman–Crippen LogP) is -1.74. The van der Waals surface area contributed by atoms with Gasteiger partial charge >= 0.3 is 0 Å². The molecule has 0 spiro atoms. The number of aliphatic hydroxyl groups is 7. The summed E-state index contributed by atoms with van der Waals surface area (Å²) in [5, 5.41) is 91.8. The molecule has 44 heavy (non-hydrogen) atoms. The zero-order valence-corrected chi connectivity index (χ0v) is 23.3. The summed E-state index contributed by atoms with van der Waals surface area (Å²) >= 11 is 0. The molecule has 10 unspecified atom stereocenters. The Bertz CT molecular complexity index is 1550. The first-order valence-corrected chi connectivity index (χ1v) is 13.4. The highest BCUT2D eigenvalue weighted by molar-refractivity contribution is 5.88. The lowest BCUT2D eigenvalue weighted by Gasteiger charge is -2.39. The molecule has 0 bridgehead atoms. The second-order valence-electron chi connectivity index (χ2n) is 10.4. The molecule has 2 fully saturated rings. The summed E-state index contributed by atoms with van der Waals surface area (Å²) in [6.45, 7) is 0.668. The van der Waals surface area contributed by atoms with Gasteiger partial charge in [0.15, 0.2) is 29.7 Å². The summed E-state index contributed by atoms with van der Waals surface area (Å²) in [5.74, 6) is -2.16. The summed E-state index contributed by atoms with van der Waals surface area (Å²) in [6, 6.07) is 5.97. The highest BCUT2D eigenvalue weighted by Gasteiger charge is 2.46. The van der Waals surface area contributed by atoms with Crippen molar-refractivity contribution in [3.05, 3.63) is 40.6 Å². The maximum Gasteiger partial charge on any atom is 0.239 e. The minimum Gasteiger partial charge on any atom is -0.507 e. The maximum absolute atomic E-state index is 13.8. The molecule has 0 aliphatic carbocycles. The Balaban J connectivity index is 1.63. The van der Waals surface area contributed by atoms with E-state index < -0.39 is 90.3 Å². The number of fused-ring (bicyclic) bond motifs is 1. The number of hydrogen-bond acceptors (Lipinski definition) is 16. The number of phenols is 2. The van der Waals surface area contributed by atoms with Gasteiger partial charge in [0, 0.05) is 17.7 Å². The molecule has 2 aliphatic rings. The fourth-order valence-electron chi connectivity index (χ4n) is 5.03. The molecule has 1 aromatic heterocycles. The lowest BCUT2D eigenvalue weighted by Crippen LogP contribution is -2.60. The van der Waals surface area contributed by atoms with Crippen LogP contribution in [0.5, 0.6) is 28.7 Å². The van der Waals surface area contributed by atoms with E-state index in [2.05, 4.69) is 0 Å². The van der Waals surface area contributed by atoms with E-state index in [1.54, 1.807) is 0 Å². The second-order valence-corrected chi connectivity index (χ2v) is 10.4. The molecule has 0 radical (unpaired) electrons. The topological polar surface area (TPSA) is 258 Å². The molecule has 3 heterocycles. The van der Waals surface area contributed by atoms with E-state index in [4.69, 9.17) is 28.1 Å². The number of phenolic OH excluding ortho intramolecular Hbond substituents is 2. The lowest BCUT2D eigenvalue weighted by atomic mass is 9.99. The molecule has 16 nitrogen and oxygen atoms in total. The van der Waals surface area contributed by atoms with Crippen molar-refractivity contribution in [3.63, 3.8) is 0 Å². The molecule has 16 heteroatoms. The molecule has 240 valence electrons. The zero-order valence-electron chi connectivity index (χ0n) is 23.3. The summed E-state index contributed by atoms with van der Waals surface area (Å²) in [6.07, 6.45) is -15.7. The fraction of sp³-hybridized carbons (Fsp3) is 0.464. The fourth-order valence-corrected chi connectivity index (χ4v) is 5.03. The zero-order chi connectivity index (χ0) is 32.0. The number of methoxy groups -OCH3 is 1. The van der Waals surface area contributed by atoms with Crippen LogP contribution in [0.15, 0.2) is 39.5 Å². The molecular formula is C28H32O16. The summed E-state index contributed by atoms with van der Waals surface area (Å²) < 4.78 is 33.0. The SMILES string of the molecule is COc1cc(-c2oc3cc(OC4C(O)OC(C)C(O)C4O)cc(O)c3c(=O)c2OC2OC(CO)C(O)C(O)C2O)ccc1O. The first kappa shape index (κ1) is 31.7. The molecule has 0 amide bonds. The Morgan fingerprint density at radius 1 is 0.841 bits per heavy atom. The van der Waals surface area contributed by atoms with Crippen molar-refractivity contribution in [2.75, 3.05) is 13.7 Å². The van der Waals surface area contributed by atoms with Gasteiger partial charge in [-0.05, 0) is 25.1 Å². The van der Waals surface area contributed by atoms with Crippen LogP contribution in [0.1, 0.15) is 6.92 Å². The monoisotopic (exact) mass is 624 g/mol. The van der Waals surface area contributed by atoms with Crippen molar-refractivity contribution in [1.29, 1.82) is 0 Å². The van der Waals surface area contributed by atoms with Crippen molar-refractivity contribution in [3.8, 4) is 40.1 Å². The third-order valence-electron chi connectivity index (χ3n) is 7.51. The highest BCUT2D eigenvalue weighted by Crippen LogP contribution is 2.40. The lowest BCUT2D eigenvalue weighted by molar-refractivity contribution is -0.277. The van der Waals surface area contributed by atoms with E-state index >= 15 is 0 Å². The van der Waals surface area contributed by atoms with Gasteiger partial charge < -0.3 is 74.1 Å². The molecule has 2 aromatic carbocycles. The van der Waals surface area contributed by atoms with E-state index in [1.165, 1.54) is 32.2 Å². The smallest absolute Gasteiger partial charge is 0.239 e. The summed E-state index contributed by atoms with van der Waals surface area (Å²) in [4.78, 5) is 13.8. The van der Waals surface area contributed by atoms with Crippen LogP contribution in [0.3, 0.4) is 0 Å². The molecule has 5 rings (SSSR count). The number of aromatic hydroxyl groups is 2. The Hall–Kier alpha value is -3.71. The van der Waals surface area contributed by atoms with Crippen LogP contribution in [-0.2, 0) is 9.47 Å². The van der Waals surface area contributed by atoms with Crippen molar-refractivity contribution in [2.24, 2.45) is 0 Å². The third-order valence-corrected chi connectivity index (χ3v) is 7.51. The van der Waals surface area contributed by atoms with E-state index in [-0.39, 0.29) is 34.2 Å². The average Bonchev–Trinajstić information content (AvgIpc) is 2.99. The Morgan fingerprint density at radius 2 is 1.57 bits per heavy atom. The van der Waals surface area contributed by atoms with Gasteiger partial charge in [-0.2, -0.15) is 0 Å². The first-order valence-electron chi connectivity index (χ1n) is 13.4. The molecule has 2 aliphatic heterocycles. The quantitative estimate of drug-likeness (QED) is 0.141. The van der Waals surface area contributed by atoms with Gasteiger partial charge in [0.1, 0.15) is 59.1 Å². The van der Waals surface area contributed by atoms with Gasteiger partial charge in [0.2, 0.25) is 17.5 Å². The van der Waals surface area contributed by atoms with Crippen LogP contribution >= 0.6 is 0 Å². The van der Waals surface area contributed by atoms with Gasteiger partial charge in [0.05, 0.1) is 19.8 Å². The van der Waals surface area contributed by atoms with Crippen LogP contribution in [-0.4, -0.2) is 121 Å². The number of aliphatic hydroxyl groups excluding tert-OH is 7. The van der Waals surface area contributed by atoms with E-state index in [0.717, 1.165) is 12.1 Å². The highest BCUT2D eigenvalue weighted by atomic mass is 16.7. The summed E-state index contributed by atoms with van der Waals surface area (Å²) in [7, 11) is 1.28. The minimum atomic E-state index is -1.90. The standard InChI is InChI=1S/C28H32O16/c1-9-18(32)22(36)26(27(38)40-9)41-11-6-13(31)17-15(7-11)42-24(10-3-4-12(30)14(5-10)39-2)25(20(17)34)44-28-23(37)21(35)19(33)16(8-29)43-28/h3-7,9,16,18-19,21-23,26-33,35-38H,8H2,1-2H3. The van der Waals surface area contributed by atoms with Crippen molar-refractivity contribution in [1.82, 2.24) is 0 Å². The number of ether oxygens (including phenoxy) is 5. The van der Waals surface area contributed by atoms with Crippen LogP contribution in [0.4, 0.5) is 0 Å². The van der Waals surface area contributed by atoms with Gasteiger partial charge in [-0.15, -0.1) is 0 Å². The van der Waals surface area contributed by atoms with Gasteiger partial charge in [0.25, 0.3) is 0 Å². The van der Waals surface area contributed by atoms with Crippen molar-refractivity contribution < 1.29 is 74.1 Å². The largest absolute Gasteiger partial charge is 0.507 e. The summed E-state index contributed by atoms with van der Waals surface area (Å²) in [5.41, 5.74) is -1.20. The number of rotatable bonds is 7. The Labute approximate surface area is 248 Å². The van der Waals surface area contributed by atoms with E-state index in [0.29, 0.717) is 0 Å². The molecule has 0 saturated carbocycles. The third kappa shape index (κ3) is 5.63.